The van der Waals surface area contributed by atoms with Crippen LogP contribution >= 0.6 is 23.4 Å². The Kier molecular flexibility index (Phi) is 8.30. The molecule has 0 fully saturated rings. The van der Waals surface area contributed by atoms with E-state index in [1.165, 1.54) is 43.9 Å². The Morgan fingerprint density at radius 2 is 1.84 bits per heavy atom. The molecule has 2 heterocycles. The highest BCUT2D eigenvalue weighted by molar-refractivity contribution is 8.00. The van der Waals surface area contributed by atoms with Gasteiger partial charge in [-0.05, 0) is 42.8 Å². The number of methoxy groups -OCH3 is 3. The van der Waals surface area contributed by atoms with Gasteiger partial charge in [-0.15, -0.1) is 0 Å². The zero-order chi connectivity index (χ0) is 26.5. The first kappa shape index (κ1) is 26.4. The second-order valence-electron chi connectivity index (χ2n) is 7.94. The monoisotopic (exact) mass is 543 g/mol. The van der Waals surface area contributed by atoms with Crippen molar-refractivity contribution in [1.82, 2.24) is 9.55 Å². The minimum absolute atomic E-state index is 0.144. The molecule has 0 saturated carbocycles. The number of aromatic nitrogens is 2. The van der Waals surface area contributed by atoms with Gasteiger partial charge < -0.3 is 23.9 Å². The average molecular weight is 544 g/mol. The van der Waals surface area contributed by atoms with Crippen LogP contribution in [0.25, 0.3) is 10.9 Å². The Bertz CT molecular complexity index is 1470. The van der Waals surface area contributed by atoms with E-state index in [2.05, 4.69) is 5.32 Å². The minimum atomic E-state index is -0.573. The summed E-state index contributed by atoms with van der Waals surface area (Å²) in [7, 11) is 4.53. The number of fused-ring (bicyclic) bond motifs is 1. The number of halogens is 1. The van der Waals surface area contributed by atoms with E-state index in [0.717, 1.165) is 0 Å². The van der Waals surface area contributed by atoms with E-state index >= 15 is 0 Å². The quantitative estimate of drug-likeness (QED) is 0.214. The number of carbonyl (C=O) groups is 1. The van der Waals surface area contributed by atoms with Crippen molar-refractivity contribution in [3.8, 4) is 17.2 Å². The number of anilines is 1. The van der Waals surface area contributed by atoms with Gasteiger partial charge in [0.15, 0.2) is 16.7 Å². The van der Waals surface area contributed by atoms with E-state index in [9.17, 15) is 9.59 Å². The van der Waals surface area contributed by atoms with Gasteiger partial charge in [0.25, 0.3) is 5.56 Å². The maximum Gasteiger partial charge on any atom is 0.262 e. The van der Waals surface area contributed by atoms with Crippen molar-refractivity contribution < 1.29 is 23.4 Å². The number of thioether (sulfide) groups is 1. The lowest BCUT2D eigenvalue weighted by Gasteiger charge is -2.19. The van der Waals surface area contributed by atoms with Crippen LogP contribution in [0.1, 0.15) is 19.1 Å². The zero-order valence-electron chi connectivity index (χ0n) is 20.7. The molecular weight excluding hydrogens is 518 g/mol. The summed E-state index contributed by atoms with van der Waals surface area (Å²) in [6.07, 6.45) is 2.01. The Morgan fingerprint density at radius 1 is 1.11 bits per heavy atom. The lowest BCUT2D eigenvalue weighted by Crippen LogP contribution is -2.28. The molecule has 4 rings (SSSR count). The minimum Gasteiger partial charge on any atom is -0.495 e. The molecule has 9 nitrogen and oxygen atoms in total. The number of nitrogens with one attached hydrogen (secondary N) is 1. The van der Waals surface area contributed by atoms with Crippen molar-refractivity contribution in [2.75, 3.05) is 26.6 Å². The standard InChI is InChI=1S/C26H26ClN3O6S/c1-5-23(24(31)28-19-11-15(27)8-9-20(19)33-2)37-26-29-18-13-22(35-4)21(34-3)12-17(18)25(32)30(26)14-16-7-6-10-36-16/h6-13,23H,5,14H2,1-4H3,(H,28,31). The molecule has 0 aliphatic rings. The fraction of sp³-hybridized carbons (Fsp3) is 0.269. The molecule has 194 valence electrons. The van der Waals surface area contributed by atoms with Gasteiger partial charge >= 0.3 is 0 Å². The van der Waals surface area contributed by atoms with Gasteiger partial charge in [-0.1, -0.05) is 30.3 Å². The van der Waals surface area contributed by atoms with Crippen LogP contribution in [0.15, 0.2) is 63.1 Å². The molecule has 4 aromatic rings. The molecule has 0 saturated heterocycles. The highest BCUT2D eigenvalue weighted by Crippen LogP contribution is 2.33. The van der Waals surface area contributed by atoms with E-state index in [0.29, 0.717) is 56.2 Å². The summed E-state index contributed by atoms with van der Waals surface area (Å²) in [6.45, 7) is 2.03. The SMILES string of the molecule is CCC(Sc1nc2cc(OC)c(OC)cc2c(=O)n1Cc1ccco1)C(=O)Nc1cc(Cl)ccc1OC. The predicted molar refractivity (Wildman–Crippen MR) is 143 cm³/mol. The summed E-state index contributed by atoms with van der Waals surface area (Å²) in [5, 5.41) is 3.49. The number of hydrogen-bond donors (Lipinski definition) is 1. The highest BCUT2D eigenvalue weighted by Gasteiger charge is 2.24. The summed E-state index contributed by atoms with van der Waals surface area (Å²) < 4.78 is 23.1. The second kappa shape index (κ2) is 11.6. The lowest BCUT2D eigenvalue weighted by molar-refractivity contribution is -0.115. The third kappa shape index (κ3) is 5.70. The van der Waals surface area contributed by atoms with E-state index in [1.54, 1.807) is 42.5 Å². The molecule has 0 aliphatic carbocycles. The average Bonchev–Trinajstić information content (AvgIpc) is 3.42. The largest absolute Gasteiger partial charge is 0.495 e. The molecule has 0 spiro atoms. The Hall–Kier alpha value is -3.63. The molecule has 0 bridgehead atoms. The first-order chi connectivity index (χ1) is 17.9. The smallest absolute Gasteiger partial charge is 0.262 e. The number of amides is 1. The fourth-order valence-corrected chi connectivity index (χ4v) is 4.94. The van der Waals surface area contributed by atoms with Gasteiger partial charge in [-0.2, -0.15) is 0 Å². The molecule has 2 aromatic carbocycles. The molecule has 1 N–H and O–H groups in total. The van der Waals surface area contributed by atoms with Crippen LogP contribution in [0.3, 0.4) is 0 Å². The molecule has 2 aromatic heterocycles. The molecule has 1 amide bonds. The van der Waals surface area contributed by atoms with Crippen molar-refractivity contribution in [2.24, 2.45) is 0 Å². The van der Waals surface area contributed by atoms with Crippen LogP contribution in [-0.2, 0) is 11.3 Å². The van der Waals surface area contributed by atoms with Gasteiger partial charge in [-0.3, -0.25) is 14.2 Å². The first-order valence-electron chi connectivity index (χ1n) is 11.4. The number of benzene rings is 2. The van der Waals surface area contributed by atoms with Crippen molar-refractivity contribution in [2.45, 2.75) is 30.3 Å². The molecule has 1 unspecified atom stereocenters. The Labute approximate surface area is 222 Å². The summed E-state index contributed by atoms with van der Waals surface area (Å²) >= 11 is 7.31. The van der Waals surface area contributed by atoms with Crippen molar-refractivity contribution in [1.29, 1.82) is 0 Å². The number of hydrogen-bond acceptors (Lipinski definition) is 8. The maximum absolute atomic E-state index is 13.6. The van der Waals surface area contributed by atoms with Crippen LogP contribution in [-0.4, -0.2) is 42.0 Å². The highest BCUT2D eigenvalue weighted by atomic mass is 35.5. The molecular formula is C26H26ClN3O6S. The number of nitrogens with zero attached hydrogens (tertiary/aromatic N) is 2. The molecule has 0 aliphatic heterocycles. The second-order valence-corrected chi connectivity index (χ2v) is 9.54. The van der Waals surface area contributed by atoms with Gasteiger partial charge in [0, 0.05) is 11.1 Å². The molecule has 0 radical (unpaired) electrons. The molecule has 11 heteroatoms. The fourth-order valence-electron chi connectivity index (χ4n) is 3.76. The van der Waals surface area contributed by atoms with E-state index < -0.39 is 5.25 Å². The van der Waals surface area contributed by atoms with E-state index in [-0.39, 0.29) is 18.0 Å². The van der Waals surface area contributed by atoms with E-state index in [1.807, 2.05) is 6.92 Å². The summed E-state index contributed by atoms with van der Waals surface area (Å²) in [5.74, 6) is 1.64. The summed E-state index contributed by atoms with van der Waals surface area (Å²) in [6, 6.07) is 11.7. The van der Waals surface area contributed by atoms with Crippen LogP contribution in [0.4, 0.5) is 5.69 Å². The van der Waals surface area contributed by atoms with Gasteiger partial charge in [0.1, 0.15) is 11.5 Å². The normalized spacial score (nSPS) is 11.8. The van der Waals surface area contributed by atoms with Crippen LogP contribution in [0.5, 0.6) is 17.2 Å². The van der Waals surface area contributed by atoms with Gasteiger partial charge in [0.05, 0.1) is 56.0 Å². The Balaban J connectivity index is 1.75. The summed E-state index contributed by atoms with van der Waals surface area (Å²) in [5.41, 5.74) is 0.583. The number of furan rings is 1. The van der Waals surface area contributed by atoms with Crippen LogP contribution < -0.4 is 25.1 Å². The summed E-state index contributed by atoms with van der Waals surface area (Å²) in [4.78, 5) is 31.7. The maximum atomic E-state index is 13.6. The van der Waals surface area contributed by atoms with Gasteiger partial charge in [-0.25, -0.2) is 4.98 Å². The number of rotatable bonds is 10. The van der Waals surface area contributed by atoms with Crippen LogP contribution in [0, 0.1) is 0 Å². The number of ether oxygens (including phenoxy) is 3. The topological polar surface area (TPSA) is 105 Å². The molecule has 37 heavy (non-hydrogen) atoms. The predicted octanol–water partition coefficient (Wildman–Crippen LogP) is 5.23. The first-order valence-corrected chi connectivity index (χ1v) is 12.6. The van der Waals surface area contributed by atoms with Crippen molar-refractivity contribution in [3.05, 3.63) is 69.9 Å². The van der Waals surface area contributed by atoms with Crippen molar-refractivity contribution in [3.63, 3.8) is 0 Å². The molecule has 1 atom stereocenters. The number of carbonyl (C=O) groups excluding carboxylic acids is 1. The lowest BCUT2D eigenvalue weighted by atomic mass is 10.2. The van der Waals surface area contributed by atoms with E-state index in [4.69, 9.17) is 35.2 Å². The third-order valence-electron chi connectivity index (χ3n) is 5.65. The van der Waals surface area contributed by atoms with Gasteiger partial charge in [0.2, 0.25) is 5.91 Å². The third-order valence-corrected chi connectivity index (χ3v) is 7.24. The Morgan fingerprint density at radius 3 is 2.49 bits per heavy atom. The van der Waals surface area contributed by atoms with Crippen LogP contribution in [0.2, 0.25) is 5.02 Å². The zero-order valence-corrected chi connectivity index (χ0v) is 22.3. The van der Waals surface area contributed by atoms with Crippen molar-refractivity contribution >= 4 is 45.9 Å².